The Labute approximate surface area is 97.6 Å². The number of hydrogen-bond donors (Lipinski definition) is 1. The largest absolute Gasteiger partial charge is 0.315 e. The van der Waals surface area contributed by atoms with E-state index < -0.39 is 9.84 Å². The van der Waals surface area contributed by atoms with Crippen LogP contribution in [0.1, 0.15) is 13.8 Å². The highest BCUT2D eigenvalue weighted by molar-refractivity contribution is 7.99. The van der Waals surface area contributed by atoms with E-state index in [0.29, 0.717) is 6.54 Å². The molecule has 5 heteroatoms. The summed E-state index contributed by atoms with van der Waals surface area (Å²) in [5, 5.41) is 2.85. The normalized spacial score (nSPS) is 11.9. The summed E-state index contributed by atoms with van der Waals surface area (Å²) in [6.07, 6.45) is 1.87. The predicted octanol–water partition coefficient (Wildman–Crippen LogP) is 1.32. The van der Waals surface area contributed by atoms with Crippen molar-refractivity contribution in [2.45, 2.75) is 19.1 Å². The minimum Gasteiger partial charge on any atom is -0.315 e. The quantitative estimate of drug-likeness (QED) is 0.496. The maximum atomic E-state index is 11.4. The second-order valence-corrected chi connectivity index (χ2v) is 7.36. The molecule has 0 heterocycles. The van der Waals surface area contributed by atoms with Gasteiger partial charge in [0.05, 0.1) is 11.0 Å². The van der Waals surface area contributed by atoms with Crippen LogP contribution in [-0.2, 0) is 9.84 Å². The van der Waals surface area contributed by atoms with Crippen LogP contribution in [0, 0.1) is 0 Å². The molecule has 0 saturated heterocycles. The summed E-state index contributed by atoms with van der Waals surface area (Å²) in [4.78, 5) is 0. The van der Waals surface area contributed by atoms with Crippen molar-refractivity contribution in [3.63, 3.8) is 0 Å². The van der Waals surface area contributed by atoms with Gasteiger partial charge in [-0.2, -0.15) is 11.8 Å². The second kappa shape index (κ2) is 8.19. The lowest BCUT2D eigenvalue weighted by Gasteiger charge is -2.08. The van der Waals surface area contributed by atoms with E-state index in [1.807, 2.05) is 6.08 Å². The standard InChI is InChI=1S/C10H21NO2S2/c1-4-7-14-8-5-11-6-9-15(12,13)10(2)3/h4,10-11H,1,5-9H2,2-3H3. The maximum absolute atomic E-state index is 11.4. The molecule has 0 spiro atoms. The van der Waals surface area contributed by atoms with Gasteiger partial charge >= 0.3 is 0 Å². The Morgan fingerprint density at radius 2 is 2.07 bits per heavy atom. The molecule has 0 unspecified atom stereocenters. The summed E-state index contributed by atoms with van der Waals surface area (Å²) in [5.41, 5.74) is 0. The van der Waals surface area contributed by atoms with Gasteiger partial charge in [0.1, 0.15) is 0 Å². The van der Waals surface area contributed by atoms with E-state index in [0.717, 1.165) is 18.1 Å². The van der Waals surface area contributed by atoms with Gasteiger partial charge in [0.15, 0.2) is 9.84 Å². The molecular weight excluding hydrogens is 230 g/mol. The van der Waals surface area contributed by atoms with Crippen LogP contribution in [0.3, 0.4) is 0 Å². The van der Waals surface area contributed by atoms with Crippen molar-refractivity contribution in [2.24, 2.45) is 0 Å². The first-order chi connectivity index (χ1) is 7.00. The maximum Gasteiger partial charge on any atom is 0.153 e. The highest BCUT2D eigenvalue weighted by atomic mass is 32.2. The number of nitrogens with one attached hydrogen (secondary N) is 1. The summed E-state index contributed by atoms with van der Waals surface area (Å²) in [6, 6.07) is 0. The van der Waals surface area contributed by atoms with Gasteiger partial charge < -0.3 is 5.32 Å². The molecule has 0 aliphatic rings. The van der Waals surface area contributed by atoms with Gasteiger partial charge in [0, 0.05) is 24.6 Å². The monoisotopic (exact) mass is 251 g/mol. The third kappa shape index (κ3) is 7.88. The zero-order chi connectivity index (χ0) is 11.7. The van der Waals surface area contributed by atoms with Gasteiger partial charge in [0.2, 0.25) is 0 Å². The molecular formula is C10H21NO2S2. The van der Waals surface area contributed by atoms with Crippen LogP contribution in [0.2, 0.25) is 0 Å². The summed E-state index contributed by atoms with van der Waals surface area (Å²) < 4.78 is 22.8. The van der Waals surface area contributed by atoms with E-state index in [9.17, 15) is 8.42 Å². The lowest BCUT2D eigenvalue weighted by Crippen LogP contribution is -2.28. The number of thioether (sulfide) groups is 1. The molecule has 0 aliphatic heterocycles. The smallest absolute Gasteiger partial charge is 0.153 e. The van der Waals surface area contributed by atoms with Crippen LogP contribution in [0.25, 0.3) is 0 Å². The van der Waals surface area contributed by atoms with Gasteiger partial charge in [-0.1, -0.05) is 6.08 Å². The third-order valence-corrected chi connectivity index (χ3v) is 5.11. The van der Waals surface area contributed by atoms with E-state index in [2.05, 4.69) is 11.9 Å². The molecule has 90 valence electrons. The van der Waals surface area contributed by atoms with Crippen LogP contribution in [0.4, 0.5) is 0 Å². The first-order valence-electron chi connectivity index (χ1n) is 5.11. The van der Waals surface area contributed by atoms with Crippen molar-refractivity contribution in [3.05, 3.63) is 12.7 Å². The second-order valence-electron chi connectivity index (χ2n) is 3.53. The van der Waals surface area contributed by atoms with Crippen molar-refractivity contribution in [1.29, 1.82) is 0 Å². The van der Waals surface area contributed by atoms with E-state index in [1.165, 1.54) is 0 Å². The van der Waals surface area contributed by atoms with Crippen LogP contribution in [0.5, 0.6) is 0 Å². The molecule has 1 N–H and O–H groups in total. The number of rotatable bonds is 9. The Bertz CT molecular complexity index is 261. The molecule has 0 atom stereocenters. The van der Waals surface area contributed by atoms with Crippen molar-refractivity contribution in [2.75, 3.05) is 30.3 Å². The Hall–Kier alpha value is -0.0000000000000000555. The van der Waals surface area contributed by atoms with E-state index >= 15 is 0 Å². The summed E-state index contributed by atoms with van der Waals surface area (Å²) >= 11 is 1.79. The molecule has 0 saturated carbocycles. The average Bonchev–Trinajstić information content (AvgIpc) is 2.16. The first kappa shape index (κ1) is 15.0. The van der Waals surface area contributed by atoms with Gasteiger partial charge in [-0.3, -0.25) is 0 Å². The summed E-state index contributed by atoms with van der Waals surface area (Å²) in [7, 11) is -2.88. The minimum atomic E-state index is -2.88. The van der Waals surface area contributed by atoms with Crippen LogP contribution in [-0.4, -0.2) is 44.0 Å². The molecule has 15 heavy (non-hydrogen) atoms. The van der Waals surface area contributed by atoms with Crippen molar-refractivity contribution >= 4 is 21.6 Å². The van der Waals surface area contributed by atoms with Crippen molar-refractivity contribution in [1.82, 2.24) is 5.32 Å². The molecule has 0 bridgehead atoms. The molecule has 0 radical (unpaired) electrons. The van der Waals surface area contributed by atoms with E-state index in [-0.39, 0.29) is 11.0 Å². The molecule has 3 nitrogen and oxygen atoms in total. The summed E-state index contributed by atoms with van der Waals surface area (Å²) in [6.45, 7) is 8.46. The molecule has 0 aliphatic carbocycles. The Morgan fingerprint density at radius 3 is 2.60 bits per heavy atom. The number of hydrogen-bond acceptors (Lipinski definition) is 4. The fraction of sp³-hybridized carbons (Fsp3) is 0.800. The van der Waals surface area contributed by atoms with Crippen molar-refractivity contribution in [3.8, 4) is 0 Å². The topological polar surface area (TPSA) is 46.2 Å². The molecule has 0 aromatic carbocycles. The zero-order valence-electron chi connectivity index (χ0n) is 9.53. The van der Waals surface area contributed by atoms with Gasteiger partial charge in [-0.25, -0.2) is 8.42 Å². The fourth-order valence-corrected chi connectivity index (χ4v) is 2.41. The lowest BCUT2D eigenvalue weighted by molar-refractivity contribution is 0.583. The first-order valence-corrected chi connectivity index (χ1v) is 7.98. The zero-order valence-corrected chi connectivity index (χ0v) is 11.2. The molecule has 0 fully saturated rings. The third-order valence-electron chi connectivity index (χ3n) is 1.94. The molecule has 0 aromatic heterocycles. The number of sulfone groups is 1. The van der Waals surface area contributed by atoms with Gasteiger partial charge in [0.25, 0.3) is 0 Å². The highest BCUT2D eigenvalue weighted by Crippen LogP contribution is 1.99. The molecule has 0 aromatic rings. The summed E-state index contributed by atoms with van der Waals surface area (Å²) in [5.74, 6) is 2.18. The molecule has 0 rings (SSSR count). The van der Waals surface area contributed by atoms with Gasteiger partial charge in [-0.15, -0.1) is 6.58 Å². The Morgan fingerprint density at radius 1 is 1.40 bits per heavy atom. The van der Waals surface area contributed by atoms with Crippen LogP contribution >= 0.6 is 11.8 Å². The highest BCUT2D eigenvalue weighted by Gasteiger charge is 2.14. The fourth-order valence-electron chi connectivity index (χ4n) is 0.886. The van der Waals surface area contributed by atoms with Crippen molar-refractivity contribution < 1.29 is 8.42 Å². The van der Waals surface area contributed by atoms with Gasteiger partial charge in [-0.05, 0) is 13.8 Å². The van der Waals surface area contributed by atoms with E-state index in [4.69, 9.17) is 0 Å². The lowest BCUT2D eigenvalue weighted by atomic mass is 10.6. The predicted molar refractivity (Wildman–Crippen MR) is 69.3 cm³/mol. The Balaban J connectivity index is 3.43. The SMILES string of the molecule is C=CCSCCNCCS(=O)(=O)C(C)C. The Kier molecular flexibility index (Phi) is 8.19. The van der Waals surface area contributed by atoms with Crippen LogP contribution in [0.15, 0.2) is 12.7 Å². The van der Waals surface area contributed by atoms with E-state index in [1.54, 1.807) is 25.6 Å². The average molecular weight is 251 g/mol. The van der Waals surface area contributed by atoms with Crippen LogP contribution < -0.4 is 5.32 Å². The minimum absolute atomic E-state index is 0.233. The molecule has 0 amide bonds.